The van der Waals surface area contributed by atoms with E-state index in [0.717, 1.165) is 22.6 Å². The molecule has 1 aliphatic carbocycles. The van der Waals surface area contributed by atoms with Crippen LogP contribution in [0.25, 0.3) is 0 Å². The SMILES string of the molecule is Cl.Cl.Nc1ccccc1CCC(=O)Nc1cc(Cl)ccc1NC1CC1. The molecular formula is C18H22Cl3N3O. The summed E-state index contributed by atoms with van der Waals surface area (Å²) in [5.41, 5.74) is 9.27. The summed E-state index contributed by atoms with van der Waals surface area (Å²) >= 11 is 6.05. The van der Waals surface area contributed by atoms with Gasteiger partial charge < -0.3 is 16.4 Å². The quantitative estimate of drug-likeness (QED) is 0.601. The number of nitrogens with one attached hydrogen (secondary N) is 2. The zero-order valence-electron chi connectivity index (χ0n) is 13.6. The Morgan fingerprint density at radius 3 is 2.52 bits per heavy atom. The van der Waals surface area contributed by atoms with Crippen LogP contribution in [-0.4, -0.2) is 11.9 Å². The summed E-state index contributed by atoms with van der Waals surface area (Å²) in [4.78, 5) is 12.2. The third-order valence-corrected chi connectivity index (χ3v) is 4.10. The lowest BCUT2D eigenvalue weighted by molar-refractivity contribution is -0.116. The van der Waals surface area contributed by atoms with Gasteiger partial charge in [0.25, 0.3) is 0 Å². The Hall–Kier alpha value is -1.62. The van der Waals surface area contributed by atoms with Crippen LogP contribution < -0.4 is 16.4 Å². The van der Waals surface area contributed by atoms with Crippen molar-refractivity contribution in [1.82, 2.24) is 0 Å². The summed E-state index contributed by atoms with van der Waals surface area (Å²) < 4.78 is 0. The van der Waals surface area contributed by atoms with Gasteiger partial charge in [-0.1, -0.05) is 29.8 Å². The molecule has 0 saturated heterocycles. The highest BCUT2D eigenvalue weighted by atomic mass is 35.5. The van der Waals surface area contributed by atoms with E-state index in [1.54, 1.807) is 6.07 Å². The Balaban J connectivity index is 0.00000156. The lowest BCUT2D eigenvalue weighted by Crippen LogP contribution is -2.15. The van der Waals surface area contributed by atoms with Crippen molar-refractivity contribution in [2.45, 2.75) is 31.7 Å². The molecule has 0 bridgehead atoms. The van der Waals surface area contributed by atoms with Crippen LogP contribution in [0.4, 0.5) is 17.1 Å². The number of halogens is 3. The van der Waals surface area contributed by atoms with Crippen molar-refractivity contribution in [2.75, 3.05) is 16.4 Å². The first-order chi connectivity index (χ1) is 11.1. The second-order valence-electron chi connectivity index (χ2n) is 5.86. The number of benzene rings is 2. The second kappa shape index (κ2) is 9.76. The summed E-state index contributed by atoms with van der Waals surface area (Å²) in [5.74, 6) is -0.0469. The van der Waals surface area contributed by atoms with E-state index in [0.29, 0.717) is 23.9 Å². The lowest BCUT2D eigenvalue weighted by atomic mass is 10.1. The summed E-state index contributed by atoms with van der Waals surface area (Å²) in [6.07, 6.45) is 3.33. The number of carbonyl (C=O) groups is 1. The molecule has 3 rings (SSSR count). The van der Waals surface area contributed by atoms with E-state index in [1.807, 2.05) is 36.4 Å². The highest BCUT2D eigenvalue weighted by molar-refractivity contribution is 6.31. The molecule has 1 aliphatic rings. The zero-order chi connectivity index (χ0) is 16.2. The van der Waals surface area contributed by atoms with Gasteiger partial charge in [-0.15, -0.1) is 24.8 Å². The first-order valence-corrected chi connectivity index (χ1v) is 8.19. The van der Waals surface area contributed by atoms with Gasteiger partial charge in [0, 0.05) is 23.2 Å². The predicted molar refractivity (Wildman–Crippen MR) is 110 cm³/mol. The summed E-state index contributed by atoms with van der Waals surface area (Å²) in [6.45, 7) is 0. The Morgan fingerprint density at radius 2 is 1.84 bits per heavy atom. The number of nitrogens with two attached hydrogens (primary N) is 1. The van der Waals surface area contributed by atoms with Gasteiger partial charge in [-0.2, -0.15) is 0 Å². The predicted octanol–water partition coefficient (Wildman–Crippen LogP) is 4.91. The fourth-order valence-electron chi connectivity index (χ4n) is 2.42. The molecule has 1 saturated carbocycles. The van der Waals surface area contributed by atoms with Crippen molar-refractivity contribution in [3.63, 3.8) is 0 Å². The molecule has 7 heteroatoms. The van der Waals surface area contributed by atoms with Crippen LogP contribution in [0.1, 0.15) is 24.8 Å². The average Bonchev–Trinajstić information content (AvgIpc) is 3.33. The largest absolute Gasteiger partial charge is 0.399 e. The van der Waals surface area contributed by atoms with Gasteiger partial charge in [-0.05, 0) is 49.1 Å². The van der Waals surface area contributed by atoms with Crippen LogP contribution in [0.15, 0.2) is 42.5 Å². The van der Waals surface area contributed by atoms with Gasteiger partial charge in [0.1, 0.15) is 0 Å². The average molecular weight is 403 g/mol. The molecule has 0 aliphatic heterocycles. The fourth-order valence-corrected chi connectivity index (χ4v) is 2.59. The van der Waals surface area contributed by atoms with Crippen molar-refractivity contribution in [3.8, 4) is 0 Å². The van der Waals surface area contributed by atoms with Crippen LogP contribution in [0.5, 0.6) is 0 Å². The van der Waals surface area contributed by atoms with E-state index < -0.39 is 0 Å². The van der Waals surface area contributed by atoms with Gasteiger partial charge in [0.05, 0.1) is 11.4 Å². The van der Waals surface area contributed by atoms with Crippen molar-refractivity contribution >= 4 is 59.4 Å². The topological polar surface area (TPSA) is 67.2 Å². The summed E-state index contributed by atoms with van der Waals surface area (Å²) in [7, 11) is 0. The molecule has 4 nitrogen and oxygen atoms in total. The van der Waals surface area contributed by atoms with Gasteiger partial charge in [0.2, 0.25) is 5.91 Å². The summed E-state index contributed by atoms with van der Waals surface area (Å²) in [6, 6.07) is 13.6. The fraction of sp³-hybridized carbons (Fsp3) is 0.278. The number of para-hydroxylation sites is 1. The van der Waals surface area contributed by atoms with Gasteiger partial charge in [-0.25, -0.2) is 0 Å². The normalized spacial score (nSPS) is 12.5. The summed E-state index contributed by atoms with van der Waals surface area (Å²) in [5, 5.41) is 6.96. The zero-order valence-corrected chi connectivity index (χ0v) is 16.0. The number of hydrogen-bond donors (Lipinski definition) is 3. The molecule has 0 spiro atoms. The Labute approximate surface area is 165 Å². The molecule has 136 valence electrons. The lowest BCUT2D eigenvalue weighted by Gasteiger charge is -2.13. The molecule has 0 radical (unpaired) electrons. The number of amides is 1. The number of nitrogen functional groups attached to an aromatic ring is 1. The van der Waals surface area contributed by atoms with Gasteiger partial charge in [0.15, 0.2) is 0 Å². The Bertz CT molecular complexity index is 720. The maximum absolute atomic E-state index is 12.2. The molecule has 4 N–H and O–H groups in total. The third kappa shape index (κ3) is 6.31. The van der Waals surface area contributed by atoms with Crippen molar-refractivity contribution in [2.24, 2.45) is 0 Å². The smallest absolute Gasteiger partial charge is 0.224 e. The van der Waals surface area contributed by atoms with E-state index in [4.69, 9.17) is 17.3 Å². The molecule has 0 unspecified atom stereocenters. The van der Waals surface area contributed by atoms with E-state index in [9.17, 15) is 4.79 Å². The van der Waals surface area contributed by atoms with Crippen LogP contribution in [0, 0.1) is 0 Å². The van der Waals surface area contributed by atoms with E-state index in [2.05, 4.69) is 10.6 Å². The standard InChI is InChI=1S/C18H20ClN3O.2ClH/c19-13-6-9-16(21-14-7-8-14)17(11-13)22-18(23)10-5-12-3-1-2-4-15(12)20;;/h1-4,6,9,11,14,21H,5,7-8,10,20H2,(H,22,23);2*1H. The first-order valence-electron chi connectivity index (χ1n) is 7.81. The highest BCUT2D eigenvalue weighted by Crippen LogP contribution is 2.31. The molecule has 0 atom stereocenters. The molecule has 1 amide bonds. The van der Waals surface area contributed by atoms with Crippen molar-refractivity contribution in [3.05, 3.63) is 53.1 Å². The third-order valence-electron chi connectivity index (χ3n) is 3.87. The number of hydrogen-bond acceptors (Lipinski definition) is 3. The molecule has 0 heterocycles. The molecule has 0 aromatic heterocycles. The number of anilines is 3. The second-order valence-corrected chi connectivity index (χ2v) is 6.29. The van der Waals surface area contributed by atoms with E-state index in [1.165, 1.54) is 12.8 Å². The number of carbonyl (C=O) groups excluding carboxylic acids is 1. The number of aryl methyl sites for hydroxylation is 1. The maximum atomic E-state index is 12.2. The van der Waals surface area contributed by atoms with E-state index >= 15 is 0 Å². The molecule has 2 aromatic carbocycles. The Kier molecular flexibility index (Phi) is 8.36. The van der Waals surface area contributed by atoms with Crippen LogP contribution in [-0.2, 0) is 11.2 Å². The molecule has 2 aromatic rings. The van der Waals surface area contributed by atoms with Gasteiger partial charge in [-0.3, -0.25) is 4.79 Å². The van der Waals surface area contributed by atoms with Crippen molar-refractivity contribution < 1.29 is 4.79 Å². The molecule has 1 fully saturated rings. The van der Waals surface area contributed by atoms with Crippen LogP contribution >= 0.6 is 36.4 Å². The minimum absolute atomic E-state index is 0. The first kappa shape index (κ1) is 21.4. The highest BCUT2D eigenvalue weighted by Gasteiger charge is 2.22. The monoisotopic (exact) mass is 401 g/mol. The van der Waals surface area contributed by atoms with E-state index in [-0.39, 0.29) is 30.7 Å². The van der Waals surface area contributed by atoms with Crippen LogP contribution in [0.3, 0.4) is 0 Å². The number of rotatable bonds is 6. The Morgan fingerprint density at radius 1 is 1.12 bits per heavy atom. The van der Waals surface area contributed by atoms with Crippen LogP contribution in [0.2, 0.25) is 5.02 Å². The van der Waals surface area contributed by atoms with Crippen molar-refractivity contribution in [1.29, 1.82) is 0 Å². The minimum Gasteiger partial charge on any atom is -0.399 e. The minimum atomic E-state index is -0.0469. The maximum Gasteiger partial charge on any atom is 0.224 e. The molecular weight excluding hydrogens is 381 g/mol. The molecule has 25 heavy (non-hydrogen) atoms. The van der Waals surface area contributed by atoms with Gasteiger partial charge >= 0.3 is 0 Å².